The Labute approximate surface area is 181 Å². The van der Waals surface area contributed by atoms with Crippen LogP contribution >= 0.6 is 11.3 Å². The number of benzene rings is 2. The van der Waals surface area contributed by atoms with Crippen molar-refractivity contribution in [2.45, 2.75) is 13.0 Å². The number of hydrogen-bond donors (Lipinski definition) is 2. The van der Waals surface area contributed by atoms with Gasteiger partial charge >= 0.3 is 0 Å². The highest BCUT2D eigenvalue weighted by atomic mass is 32.1. The van der Waals surface area contributed by atoms with Gasteiger partial charge in [-0.1, -0.05) is 30.3 Å². The number of furan rings is 1. The van der Waals surface area contributed by atoms with Gasteiger partial charge in [-0.3, -0.25) is 14.5 Å². The highest BCUT2D eigenvalue weighted by Gasteiger charge is 2.46. The molecule has 3 heterocycles. The highest BCUT2D eigenvalue weighted by molar-refractivity contribution is 7.10. The van der Waals surface area contributed by atoms with Gasteiger partial charge in [-0.2, -0.15) is 0 Å². The van der Waals surface area contributed by atoms with Gasteiger partial charge in [0.25, 0.3) is 5.91 Å². The fourth-order valence-electron chi connectivity index (χ4n) is 3.85. The average Bonchev–Trinajstić information content (AvgIpc) is 3.48. The summed E-state index contributed by atoms with van der Waals surface area (Å²) in [4.78, 5) is 28.5. The second kappa shape index (κ2) is 7.14. The predicted molar refractivity (Wildman–Crippen MR) is 118 cm³/mol. The lowest BCUT2D eigenvalue weighted by atomic mass is 9.99. The van der Waals surface area contributed by atoms with Crippen molar-refractivity contribution in [3.05, 3.63) is 93.6 Å². The zero-order chi connectivity index (χ0) is 21.7. The van der Waals surface area contributed by atoms with Crippen LogP contribution < -0.4 is 4.90 Å². The number of aryl methyl sites for hydroxylation is 1. The van der Waals surface area contributed by atoms with Crippen molar-refractivity contribution >= 4 is 39.7 Å². The van der Waals surface area contributed by atoms with Gasteiger partial charge in [0.15, 0.2) is 11.5 Å². The van der Waals surface area contributed by atoms with Gasteiger partial charge in [0.2, 0.25) is 5.78 Å². The SMILES string of the molecule is Cc1ccc(O)c(N2C(=O)C(O)=C(C(=O)c3cc4ccccc4o3)C2c2cccs2)c1. The molecule has 2 aromatic heterocycles. The summed E-state index contributed by atoms with van der Waals surface area (Å²) < 4.78 is 5.70. The highest BCUT2D eigenvalue weighted by Crippen LogP contribution is 2.46. The lowest BCUT2D eigenvalue weighted by Crippen LogP contribution is -2.30. The molecule has 154 valence electrons. The molecule has 7 heteroatoms. The first-order valence-electron chi connectivity index (χ1n) is 9.58. The van der Waals surface area contributed by atoms with E-state index in [1.807, 2.05) is 24.4 Å². The number of ketones is 1. The molecule has 1 atom stereocenters. The van der Waals surface area contributed by atoms with Crippen molar-refractivity contribution in [2.75, 3.05) is 4.90 Å². The molecule has 0 saturated carbocycles. The van der Waals surface area contributed by atoms with Crippen molar-refractivity contribution in [3.63, 3.8) is 0 Å². The molecular formula is C24H17NO5S. The summed E-state index contributed by atoms with van der Waals surface area (Å²) in [6.07, 6.45) is 0. The molecule has 0 fully saturated rings. The number of aromatic hydroxyl groups is 1. The Morgan fingerprint density at radius 2 is 1.87 bits per heavy atom. The van der Waals surface area contributed by atoms with Gasteiger partial charge in [0.05, 0.1) is 11.3 Å². The summed E-state index contributed by atoms with van der Waals surface area (Å²) in [6.45, 7) is 1.83. The Morgan fingerprint density at radius 3 is 2.61 bits per heavy atom. The fourth-order valence-corrected chi connectivity index (χ4v) is 4.68. The summed E-state index contributed by atoms with van der Waals surface area (Å²) in [5, 5.41) is 23.8. The summed E-state index contributed by atoms with van der Waals surface area (Å²) in [5.74, 6) is -2.06. The summed E-state index contributed by atoms with van der Waals surface area (Å²) in [7, 11) is 0. The number of carbonyl (C=O) groups is 2. The molecule has 5 rings (SSSR count). The first-order valence-corrected chi connectivity index (χ1v) is 10.5. The third-order valence-electron chi connectivity index (χ3n) is 5.31. The molecule has 6 nitrogen and oxygen atoms in total. The Kier molecular flexibility index (Phi) is 4.41. The maximum Gasteiger partial charge on any atom is 0.294 e. The van der Waals surface area contributed by atoms with E-state index in [9.17, 15) is 19.8 Å². The molecule has 1 unspecified atom stereocenters. The van der Waals surface area contributed by atoms with E-state index in [2.05, 4.69) is 0 Å². The third-order valence-corrected chi connectivity index (χ3v) is 6.23. The molecule has 0 saturated heterocycles. The van der Waals surface area contributed by atoms with Crippen molar-refractivity contribution in [3.8, 4) is 5.75 Å². The van der Waals surface area contributed by atoms with E-state index in [0.29, 0.717) is 10.5 Å². The van der Waals surface area contributed by atoms with E-state index < -0.39 is 23.5 Å². The van der Waals surface area contributed by atoms with Crippen LogP contribution in [0.3, 0.4) is 0 Å². The number of rotatable bonds is 4. The number of nitrogens with zero attached hydrogens (tertiary/aromatic N) is 1. The molecule has 0 aliphatic carbocycles. The Hall–Kier alpha value is -3.84. The van der Waals surface area contributed by atoms with E-state index in [4.69, 9.17) is 4.42 Å². The topological polar surface area (TPSA) is 91.0 Å². The predicted octanol–water partition coefficient (Wildman–Crippen LogP) is 5.29. The van der Waals surface area contributed by atoms with Crippen molar-refractivity contribution in [2.24, 2.45) is 0 Å². The number of aliphatic hydroxyl groups is 1. The molecule has 1 aliphatic rings. The molecule has 0 radical (unpaired) electrons. The third kappa shape index (κ3) is 3.02. The molecule has 31 heavy (non-hydrogen) atoms. The zero-order valence-corrected chi connectivity index (χ0v) is 17.2. The van der Waals surface area contributed by atoms with Gasteiger partial charge in [-0.25, -0.2) is 0 Å². The maximum absolute atomic E-state index is 13.5. The zero-order valence-electron chi connectivity index (χ0n) is 16.4. The molecule has 2 aromatic carbocycles. The number of thiophene rings is 1. The average molecular weight is 431 g/mol. The summed E-state index contributed by atoms with van der Waals surface area (Å²) in [5.41, 5.74) is 1.51. The van der Waals surface area contributed by atoms with Crippen LogP contribution in [0.2, 0.25) is 0 Å². The number of phenols is 1. The minimum Gasteiger partial charge on any atom is -0.506 e. The molecule has 1 aliphatic heterocycles. The first kappa shape index (κ1) is 19.1. The monoisotopic (exact) mass is 431 g/mol. The lowest BCUT2D eigenvalue weighted by Gasteiger charge is -2.26. The number of aliphatic hydroxyl groups excluding tert-OH is 1. The van der Waals surface area contributed by atoms with Crippen LogP contribution in [-0.4, -0.2) is 21.9 Å². The number of Topliss-reactive ketones (excluding diaryl/α,β-unsaturated/α-hetero) is 1. The Bertz CT molecular complexity index is 1330. The fraction of sp³-hybridized carbons (Fsp3) is 0.0833. The number of hydrogen-bond acceptors (Lipinski definition) is 6. The number of phenolic OH excluding ortho intramolecular Hbond substituents is 1. The van der Waals surface area contributed by atoms with Gasteiger partial charge in [0.1, 0.15) is 17.4 Å². The molecule has 0 spiro atoms. The number of amides is 1. The Morgan fingerprint density at radius 1 is 1.06 bits per heavy atom. The minimum atomic E-state index is -0.888. The summed E-state index contributed by atoms with van der Waals surface area (Å²) >= 11 is 1.35. The van der Waals surface area contributed by atoms with E-state index in [-0.39, 0.29) is 22.8 Å². The van der Waals surface area contributed by atoms with Gasteiger partial charge in [-0.05, 0) is 48.2 Å². The van der Waals surface area contributed by atoms with Crippen LogP contribution in [0.5, 0.6) is 5.75 Å². The van der Waals surface area contributed by atoms with Crippen molar-refractivity contribution in [1.29, 1.82) is 0 Å². The van der Waals surface area contributed by atoms with Gasteiger partial charge < -0.3 is 14.6 Å². The second-order valence-electron chi connectivity index (χ2n) is 7.33. The number of carbonyl (C=O) groups excluding carboxylic acids is 2. The molecule has 0 bridgehead atoms. The molecular weight excluding hydrogens is 414 g/mol. The lowest BCUT2D eigenvalue weighted by molar-refractivity contribution is -0.117. The quantitative estimate of drug-likeness (QED) is 0.429. The van der Waals surface area contributed by atoms with Crippen LogP contribution in [0.25, 0.3) is 11.0 Å². The van der Waals surface area contributed by atoms with Crippen LogP contribution in [-0.2, 0) is 4.79 Å². The number of anilines is 1. The number of para-hydroxylation sites is 1. The standard InChI is InChI=1S/C24H17NO5S/c1-13-8-9-16(26)15(11-13)25-21(19-7-4-10-31-19)20(23(28)24(25)29)22(27)18-12-14-5-2-3-6-17(14)30-18/h2-12,21,26,28H,1H3. The molecule has 4 aromatic rings. The number of fused-ring (bicyclic) bond motifs is 1. The van der Waals surface area contributed by atoms with Crippen molar-refractivity contribution in [1.82, 2.24) is 0 Å². The first-order chi connectivity index (χ1) is 15.0. The van der Waals surface area contributed by atoms with Crippen LogP contribution in [0.4, 0.5) is 5.69 Å². The maximum atomic E-state index is 13.5. The van der Waals surface area contributed by atoms with E-state index in [1.165, 1.54) is 22.3 Å². The molecule has 2 N–H and O–H groups in total. The van der Waals surface area contributed by atoms with E-state index >= 15 is 0 Å². The van der Waals surface area contributed by atoms with Crippen molar-refractivity contribution < 1.29 is 24.2 Å². The molecule has 1 amide bonds. The Balaban J connectivity index is 1.67. The summed E-state index contributed by atoms with van der Waals surface area (Å²) in [6, 6.07) is 16.3. The smallest absolute Gasteiger partial charge is 0.294 e. The van der Waals surface area contributed by atoms with Crippen LogP contribution in [0.1, 0.15) is 27.0 Å². The van der Waals surface area contributed by atoms with Gasteiger partial charge in [-0.15, -0.1) is 11.3 Å². The van der Waals surface area contributed by atoms with E-state index in [1.54, 1.807) is 42.5 Å². The van der Waals surface area contributed by atoms with Crippen LogP contribution in [0.15, 0.2) is 81.8 Å². The van der Waals surface area contributed by atoms with Gasteiger partial charge in [0, 0.05) is 10.3 Å². The largest absolute Gasteiger partial charge is 0.506 e. The second-order valence-corrected chi connectivity index (χ2v) is 8.30. The van der Waals surface area contributed by atoms with Crippen LogP contribution in [0, 0.1) is 6.92 Å². The minimum absolute atomic E-state index is 0.0346. The normalized spacial score (nSPS) is 16.5. The van der Waals surface area contributed by atoms with E-state index in [0.717, 1.165) is 10.9 Å².